The van der Waals surface area contributed by atoms with Crippen molar-refractivity contribution in [2.75, 3.05) is 31.6 Å². The highest BCUT2D eigenvalue weighted by Crippen LogP contribution is 2.09. The number of nitrogens with one attached hydrogen (secondary N) is 1. The van der Waals surface area contributed by atoms with E-state index in [1.807, 2.05) is 13.8 Å². The van der Waals surface area contributed by atoms with Gasteiger partial charge in [-0.2, -0.15) is 0 Å². The van der Waals surface area contributed by atoms with Crippen LogP contribution in [0.1, 0.15) is 26.7 Å². The van der Waals surface area contributed by atoms with Gasteiger partial charge in [0.1, 0.15) is 0 Å². The fourth-order valence-corrected chi connectivity index (χ4v) is 3.85. The van der Waals surface area contributed by atoms with Crippen LogP contribution in [0.4, 0.5) is 0 Å². The van der Waals surface area contributed by atoms with Gasteiger partial charge >= 0.3 is 0 Å². The van der Waals surface area contributed by atoms with Crippen molar-refractivity contribution in [3.8, 4) is 0 Å². The average Bonchev–Trinajstić information content (AvgIpc) is 2.76. The van der Waals surface area contributed by atoms with Gasteiger partial charge in [-0.05, 0) is 18.9 Å². The van der Waals surface area contributed by atoms with Crippen LogP contribution in [0.5, 0.6) is 0 Å². The quantitative estimate of drug-likeness (QED) is 0.756. The molecule has 6 heteroatoms. The minimum Gasteiger partial charge on any atom is -0.341 e. The monoisotopic (exact) mass is 276 g/mol. The SMILES string of the molecule is CC(C)CS(=O)(=O)CCC(=O)N(C)C1CCNC1. The molecule has 1 N–H and O–H groups in total. The second kappa shape index (κ2) is 6.52. The van der Waals surface area contributed by atoms with Gasteiger partial charge in [0.25, 0.3) is 0 Å². The zero-order chi connectivity index (χ0) is 13.8. The summed E-state index contributed by atoms with van der Waals surface area (Å²) in [5, 5.41) is 3.19. The molecule has 1 atom stereocenters. The molecule has 18 heavy (non-hydrogen) atoms. The van der Waals surface area contributed by atoms with Crippen LogP contribution in [-0.4, -0.2) is 56.9 Å². The summed E-state index contributed by atoms with van der Waals surface area (Å²) in [5.41, 5.74) is 0. The number of sulfone groups is 1. The molecule has 1 unspecified atom stereocenters. The van der Waals surface area contributed by atoms with Crippen LogP contribution in [0.3, 0.4) is 0 Å². The summed E-state index contributed by atoms with van der Waals surface area (Å²) >= 11 is 0. The van der Waals surface area contributed by atoms with Crippen LogP contribution in [0.2, 0.25) is 0 Å². The molecule has 0 aliphatic carbocycles. The summed E-state index contributed by atoms with van der Waals surface area (Å²) in [6, 6.07) is 0.213. The van der Waals surface area contributed by atoms with Crippen LogP contribution in [0.25, 0.3) is 0 Å². The Morgan fingerprint density at radius 2 is 2.11 bits per heavy atom. The van der Waals surface area contributed by atoms with E-state index in [4.69, 9.17) is 0 Å². The Morgan fingerprint density at radius 1 is 1.44 bits per heavy atom. The standard InChI is InChI=1S/C12H24N2O3S/c1-10(2)9-18(16,17)7-5-12(15)14(3)11-4-6-13-8-11/h10-11,13H,4-9H2,1-3H3. The van der Waals surface area contributed by atoms with Crippen molar-refractivity contribution >= 4 is 15.7 Å². The maximum absolute atomic E-state index is 11.9. The highest BCUT2D eigenvalue weighted by molar-refractivity contribution is 7.91. The van der Waals surface area contributed by atoms with Crippen molar-refractivity contribution < 1.29 is 13.2 Å². The van der Waals surface area contributed by atoms with Crippen molar-refractivity contribution in [3.63, 3.8) is 0 Å². The summed E-state index contributed by atoms with van der Waals surface area (Å²) in [5.74, 6) is 0.168. The number of hydrogen-bond donors (Lipinski definition) is 1. The second-order valence-corrected chi connectivity index (χ2v) is 7.64. The summed E-state index contributed by atoms with van der Waals surface area (Å²) in [6.07, 6.45) is 1.04. The van der Waals surface area contributed by atoms with E-state index in [0.29, 0.717) is 0 Å². The van der Waals surface area contributed by atoms with E-state index < -0.39 is 9.84 Å². The van der Waals surface area contributed by atoms with Gasteiger partial charge in [0, 0.05) is 26.1 Å². The summed E-state index contributed by atoms with van der Waals surface area (Å²) < 4.78 is 23.4. The van der Waals surface area contributed by atoms with Gasteiger partial charge in [-0.15, -0.1) is 0 Å². The Balaban J connectivity index is 2.40. The first-order valence-corrected chi connectivity index (χ1v) is 8.31. The van der Waals surface area contributed by atoms with Gasteiger partial charge in [-0.1, -0.05) is 13.8 Å². The first-order valence-electron chi connectivity index (χ1n) is 6.48. The molecule has 0 aromatic rings. The van der Waals surface area contributed by atoms with Crippen molar-refractivity contribution in [1.82, 2.24) is 10.2 Å². The lowest BCUT2D eigenvalue weighted by Crippen LogP contribution is -2.39. The molecule has 0 aromatic heterocycles. The lowest BCUT2D eigenvalue weighted by atomic mass is 10.2. The van der Waals surface area contributed by atoms with E-state index >= 15 is 0 Å². The minimum atomic E-state index is -3.10. The van der Waals surface area contributed by atoms with Gasteiger partial charge in [0.05, 0.1) is 11.5 Å². The number of nitrogens with zero attached hydrogens (tertiary/aromatic N) is 1. The Hall–Kier alpha value is -0.620. The Labute approximate surface area is 110 Å². The van der Waals surface area contributed by atoms with E-state index in [9.17, 15) is 13.2 Å². The largest absolute Gasteiger partial charge is 0.341 e. The highest BCUT2D eigenvalue weighted by atomic mass is 32.2. The number of carbonyl (C=O) groups excluding carboxylic acids is 1. The fraction of sp³-hybridized carbons (Fsp3) is 0.917. The molecule has 0 aromatic carbocycles. The number of likely N-dealkylation sites (N-methyl/N-ethyl adjacent to an activating group) is 1. The second-order valence-electron chi connectivity index (χ2n) is 5.41. The van der Waals surface area contributed by atoms with Crippen molar-refractivity contribution in [3.05, 3.63) is 0 Å². The topological polar surface area (TPSA) is 66.5 Å². The van der Waals surface area contributed by atoms with E-state index in [1.54, 1.807) is 11.9 Å². The molecular weight excluding hydrogens is 252 g/mol. The molecule has 1 aliphatic heterocycles. The third-order valence-electron chi connectivity index (χ3n) is 3.19. The van der Waals surface area contributed by atoms with Crippen LogP contribution >= 0.6 is 0 Å². The number of hydrogen-bond acceptors (Lipinski definition) is 4. The van der Waals surface area contributed by atoms with E-state index in [-0.39, 0.29) is 35.8 Å². The van der Waals surface area contributed by atoms with Gasteiger partial charge in [0.2, 0.25) is 5.91 Å². The average molecular weight is 276 g/mol. The molecule has 106 valence electrons. The molecule has 1 fully saturated rings. The predicted molar refractivity (Wildman–Crippen MR) is 72.2 cm³/mol. The Morgan fingerprint density at radius 3 is 2.61 bits per heavy atom. The van der Waals surface area contributed by atoms with Crippen LogP contribution in [-0.2, 0) is 14.6 Å². The zero-order valence-corrected chi connectivity index (χ0v) is 12.3. The van der Waals surface area contributed by atoms with E-state index in [0.717, 1.165) is 19.5 Å². The molecule has 0 saturated carbocycles. The maximum Gasteiger partial charge on any atom is 0.223 e. The smallest absolute Gasteiger partial charge is 0.223 e. The number of rotatable bonds is 6. The van der Waals surface area contributed by atoms with E-state index in [1.165, 1.54) is 0 Å². The summed E-state index contributed by atoms with van der Waals surface area (Å²) in [7, 11) is -1.34. The molecule has 0 spiro atoms. The summed E-state index contributed by atoms with van der Waals surface area (Å²) in [6.45, 7) is 5.47. The Kier molecular flexibility index (Phi) is 5.59. The zero-order valence-electron chi connectivity index (χ0n) is 11.5. The molecule has 5 nitrogen and oxygen atoms in total. The third kappa shape index (κ3) is 4.94. The molecular formula is C12H24N2O3S. The van der Waals surface area contributed by atoms with Gasteiger partial charge in [-0.3, -0.25) is 4.79 Å². The molecule has 1 heterocycles. The van der Waals surface area contributed by atoms with Crippen molar-refractivity contribution in [2.24, 2.45) is 5.92 Å². The molecule has 1 rings (SSSR count). The van der Waals surface area contributed by atoms with Gasteiger partial charge in [-0.25, -0.2) is 8.42 Å². The van der Waals surface area contributed by atoms with Crippen LogP contribution in [0.15, 0.2) is 0 Å². The molecule has 1 aliphatic rings. The normalized spacial score (nSPS) is 20.3. The molecule has 0 radical (unpaired) electrons. The molecule has 0 bridgehead atoms. The predicted octanol–water partition coefficient (Wildman–Crippen LogP) is 0.268. The number of amides is 1. The highest BCUT2D eigenvalue weighted by Gasteiger charge is 2.24. The van der Waals surface area contributed by atoms with E-state index in [2.05, 4.69) is 5.32 Å². The van der Waals surface area contributed by atoms with Crippen molar-refractivity contribution in [2.45, 2.75) is 32.7 Å². The first kappa shape index (κ1) is 15.4. The van der Waals surface area contributed by atoms with Crippen LogP contribution < -0.4 is 5.32 Å². The maximum atomic E-state index is 11.9. The van der Waals surface area contributed by atoms with Gasteiger partial charge < -0.3 is 10.2 Å². The first-order chi connectivity index (χ1) is 8.32. The number of carbonyl (C=O) groups is 1. The lowest BCUT2D eigenvalue weighted by molar-refractivity contribution is -0.131. The third-order valence-corrected chi connectivity index (χ3v) is 5.19. The molecule has 1 amide bonds. The fourth-order valence-electron chi connectivity index (χ4n) is 2.18. The van der Waals surface area contributed by atoms with Gasteiger partial charge in [0.15, 0.2) is 9.84 Å². The summed E-state index contributed by atoms with van der Waals surface area (Å²) in [4.78, 5) is 13.6. The molecule has 1 saturated heterocycles. The van der Waals surface area contributed by atoms with Crippen LogP contribution in [0, 0.1) is 5.92 Å². The van der Waals surface area contributed by atoms with Crippen molar-refractivity contribution in [1.29, 1.82) is 0 Å². The minimum absolute atomic E-state index is 0.0332. The lowest BCUT2D eigenvalue weighted by Gasteiger charge is -2.23. The Bertz CT molecular complexity index is 373.